The number of aliphatic imine (C=N–C) groups is 1. The maximum Gasteiger partial charge on any atom is 0.191 e. The molecule has 0 saturated heterocycles. The average molecular weight is 365 g/mol. The number of rotatable bonds is 4. The van der Waals surface area contributed by atoms with Gasteiger partial charge in [0.25, 0.3) is 0 Å². The Bertz CT molecular complexity index is 382. The quantitative estimate of drug-likeness (QED) is 0.489. The zero-order valence-corrected chi connectivity index (χ0v) is 13.4. The van der Waals surface area contributed by atoms with E-state index < -0.39 is 0 Å². The van der Waals surface area contributed by atoms with Crippen LogP contribution in [0, 0.1) is 5.82 Å². The molecule has 0 heterocycles. The predicted molar refractivity (Wildman–Crippen MR) is 84.9 cm³/mol. The molecule has 5 heteroatoms. The lowest BCUT2D eigenvalue weighted by Crippen LogP contribution is -2.41. The van der Waals surface area contributed by atoms with E-state index in [1.54, 1.807) is 19.2 Å². The summed E-state index contributed by atoms with van der Waals surface area (Å²) in [6.45, 7) is 4.61. The molecule has 0 radical (unpaired) electrons. The SMILES string of the molecule is CCC(C)NC(=NC)NCc1ccccc1F.I. The van der Waals surface area contributed by atoms with Crippen molar-refractivity contribution in [2.45, 2.75) is 32.9 Å². The minimum atomic E-state index is -0.195. The molecule has 1 rings (SSSR count). The molecule has 0 amide bonds. The molecule has 0 aliphatic carbocycles. The van der Waals surface area contributed by atoms with Gasteiger partial charge < -0.3 is 10.6 Å². The van der Waals surface area contributed by atoms with Crippen molar-refractivity contribution in [1.82, 2.24) is 10.6 Å². The van der Waals surface area contributed by atoms with Crippen molar-refractivity contribution in [3.8, 4) is 0 Å². The lowest BCUT2D eigenvalue weighted by Gasteiger charge is -2.16. The van der Waals surface area contributed by atoms with Gasteiger partial charge in [0.15, 0.2) is 5.96 Å². The Morgan fingerprint density at radius 1 is 1.39 bits per heavy atom. The van der Waals surface area contributed by atoms with Crippen LogP contribution >= 0.6 is 24.0 Å². The highest BCUT2D eigenvalue weighted by Crippen LogP contribution is 2.05. The molecule has 1 unspecified atom stereocenters. The molecule has 18 heavy (non-hydrogen) atoms. The normalized spacial score (nSPS) is 12.6. The third kappa shape index (κ3) is 5.66. The Morgan fingerprint density at radius 2 is 2.06 bits per heavy atom. The summed E-state index contributed by atoms with van der Waals surface area (Å²) >= 11 is 0. The molecular formula is C13H21FIN3. The van der Waals surface area contributed by atoms with Crippen molar-refractivity contribution in [2.24, 2.45) is 4.99 Å². The van der Waals surface area contributed by atoms with Crippen molar-refractivity contribution < 1.29 is 4.39 Å². The molecule has 3 nitrogen and oxygen atoms in total. The summed E-state index contributed by atoms with van der Waals surface area (Å²) in [5.41, 5.74) is 0.639. The lowest BCUT2D eigenvalue weighted by atomic mass is 10.2. The predicted octanol–water partition coefficient (Wildman–Crippen LogP) is 2.91. The second kappa shape index (κ2) is 9.13. The van der Waals surface area contributed by atoms with Crippen molar-refractivity contribution in [2.75, 3.05) is 7.05 Å². The van der Waals surface area contributed by atoms with E-state index >= 15 is 0 Å². The van der Waals surface area contributed by atoms with Crippen LogP contribution in [-0.4, -0.2) is 19.0 Å². The van der Waals surface area contributed by atoms with Gasteiger partial charge in [-0.25, -0.2) is 4.39 Å². The molecule has 1 aromatic carbocycles. The maximum absolute atomic E-state index is 13.4. The van der Waals surface area contributed by atoms with Crippen molar-refractivity contribution in [1.29, 1.82) is 0 Å². The van der Waals surface area contributed by atoms with Gasteiger partial charge in [-0.2, -0.15) is 0 Å². The molecule has 0 aromatic heterocycles. The number of halogens is 2. The Hall–Kier alpha value is -0.850. The average Bonchev–Trinajstić information content (AvgIpc) is 2.35. The molecule has 0 saturated carbocycles. The smallest absolute Gasteiger partial charge is 0.191 e. The van der Waals surface area contributed by atoms with Gasteiger partial charge in [0.2, 0.25) is 0 Å². The largest absolute Gasteiger partial charge is 0.354 e. The summed E-state index contributed by atoms with van der Waals surface area (Å²) in [6.07, 6.45) is 1.01. The summed E-state index contributed by atoms with van der Waals surface area (Å²) in [6, 6.07) is 7.08. The fourth-order valence-corrected chi connectivity index (χ4v) is 1.35. The van der Waals surface area contributed by atoms with Crippen LogP contribution in [0.15, 0.2) is 29.3 Å². The van der Waals surface area contributed by atoms with Gasteiger partial charge in [-0.3, -0.25) is 4.99 Å². The highest BCUT2D eigenvalue weighted by atomic mass is 127. The number of nitrogens with zero attached hydrogens (tertiary/aromatic N) is 1. The van der Waals surface area contributed by atoms with Crippen LogP contribution in [0.25, 0.3) is 0 Å². The Balaban J connectivity index is 0.00000289. The molecule has 0 spiro atoms. The second-order valence-corrected chi connectivity index (χ2v) is 3.97. The van der Waals surface area contributed by atoms with E-state index in [1.807, 2.05) is 6.07 Å². The first-order valence-corrected chi connectivity index (χ1v) is 5.88. The number of guanidine groups is 1. The summed E-state index contributed by atoms with van der Waals surface area (Å²) < 4.78 is 13.4. The van der Waals surface area contributed by atoms with Gasteiger partial charge in [0.1, 0.15) is 5.82 Å². The van der Waals surface area contributed by atoms with E-state index in [1.165, 1.54) is 6.07 Å². The van der Waals surface area contributed by atoms with Crippen LogP contribution < -0.4 is 10.6 Å². The highest BCUT2D eigenvalue weighted by molar-refractivity contribution is 14.0. The Kier molecular flexibility index (Phi) is 8.70. The van der Waals surface area contributed by atoms with Crippen LogP contribution in [-0.2, 0) is 6.54 Å². The third-order valence-corrected chi connectivity index (χ3v) is 2.62. The number of benzene rings is 1. The van der Waals surface area contributed by atoms with Crippen LogP contribution in [0.5, 0.6) is 0 Å². The van der Waals surface area contributed by atoms with Gasteiger partial charge in [-0.15, -0.1) is 24.0 Å². The van der Waals surface area contributed by atoms with Crippen molar-refractivity contribution in [3.63, 3.8) is 0 Å². The van der Waals surface area contributed by atoms with E-state index in [0.29, 0.717) is 24.1 Å². The fraction of sp³-hybridized carbons (Fsp3) is 0.462. The van der Waals surface area contributed by atoms with Gasteiger partial charge in [0, 0.05) is 25.2 Å². The number of hydrogen-bond donors (Lipinski definition) is 2. The van der Waals surface area contributed by atoms with E-state index in [9.17, 15) is 4.39 Å². The van der Waals surface area contributed by atoms with Gasteiger partial charge in [-0.1, -0.05) is 25.1 Å². The fourth-order valence-electron chi connectivity index (χ4n) is 1.35. The molecule has 0 aliphatic heterocycles. The minimum absolute atomic E-state index is 0. The standard InChI is InChI=1S/C13H20FN3.HI/c1-4-10(2)17-13(15-3)16-9-11-7-5-6-8-12(11)14;/h5-8,10H,4,9H2,1-3H3,(H2,15,16,17);1H. The molecule has 0 aliphatic rings. The van der Waals surface area contributed by atoms with Crippen LogP contribution in [0.2, 0.25) is 0 Å². The summed E-state index contributed by atoms with van der Waals surface area (Å²) in [5, 5.41) is 6.31. The topological polar surface area (TPSA) is 36.4 Å². The van der Waals surface area contributed by atoms with Crippen molar-refractivity contribution in [3.05, 3.63) is 35.6 Å². The number of nitrogens with one attached hydrogen (secondary N) is 2. The van der Waals surface area contributed by atoms with E-state index in [4.69, 9.17) is 0 Å². The Labute approximate surface area is 125 Å². The molecule has 0 fully saturated rings. The third-order valence-electron chi connectivity index (χ3n) is 2.62. The van der Waals surface area contributed by atoms with E-state index in [0.717, 1.165) is 6.42 Å². The zero-order valence-electron chi connectivity index (χ0n) is 11.0. The first-order chi connectivity index (χ1) is 8.17. The molecule has 0 bridgehead atoms. The van der Waals surface area contributed by atoms with Crippen molar-refractivity contribution >= 4 is 29.9 Å². The summed E-state index contributed by atoms with van der Waals surface area (Å²) in [7, 11) is 1.71. The Morgan fingerprint density at radius 3 is 2.61 bits per heavy atom. The molecular weight excluding hydrogens is 344 g/mol. The van der Waals surface area contributed by atoms with Crippen LogP contribution in [0.1, 0.15) is 25.8 Å². The van der Waals surface area contributed by atoms with Crippen LogP contribution in [0.3, 0.4) is 0 Å². The van der Waals surface area contributed by atoms with Gasteiger partial charge in [0.05, 0.1) is 0 Å². The highest BCUT2D eigenvalue weighted by Gasteiger charge is 2.04. The molecule has 102 valence electrons. The minimum Gasteiger partial charge on any atom is -0.354 e. The van der Waals surface area contributed by atoms with Gasteiger partial charge in [-0.05, 0) is 19.4 Å². The monoisotopic (exact) mass is 365 g/mol. The molecule has 2 N–H and O–H groups in total. The second-order valence-electron chi connectivity index (χ2n) is 3.97. The van der Waals surface area contributed by atoms with E-state index in [2.05, 4.69) is 29.5 Å². The molecule has 1 aromatic rings. The maximum atomic E-state index is 13.4. The molecule has 1 atom stereocenters. The van der Waals surface area contributed by atoms with Crippen LogP contribution in [0.4, 0.5) is 4.39 Å². The lowest BCUT2D eigenvalue weighted by molar-refractivity contribution is 0.597. The van der Waals surface area contributed by atoms with Gasteiger partial charge >= 0.3 is 0 Å². The number of hydrogen-bond acceptors (Lipinski definition) is 1. The first-order valence-electron chi connectivity index (χ1n) is 5.88. The first kappa shape index (κ1) is 17.2. The van der Waals surface area contributed by atoms with E-state index in [-0.39, 0.29) is 29.8 Å². The zero-order chi connectivity index (χ0) is 12.7. The summed E-state index contributed by atoms with van der Waals surface area (Å²) in [5.74, 6) is 0.501. The summed E-state index contributed by atoms with van der Waals surface area (Å²) in [4.78, 5) is 4.09.